The van der Waals surface area contributed by atoms with Crippen LogP contribution in [0.4, 0.5) is 0 Å². The molecule has 24 heavy (non-hydrogen) atoms. The third-order valence-corrected chi connectivity index (χ3v) is 5.38. The lowest BCUT2D eigenvalue weighted by molar-refractivity contribution is 0.265. The summed E-state index contributed by atoms with van der Waals surface area (Å²) in [6, 6.07) is 1.06. The minimum Gasteiger partial charge on any atom is -0.357 e. The van der Waals surface area contributed by atoms with E-state index < -0.39 is 0 Å². The molecule has 0 radical (unpaired) electrons. The smallest absolute Gasteiger partial charge is 0.191 e. The molecule has 1 saturated heterocycles. The second kappa shape index (κ2) is 10.6. The minimum absolute atomic E-state index is 0. The Hall–Kier alpha value is -0.410. The fourth-order valence-electron chi connectivity index (χ4n) is 2.85. The van der Waals surface area contributed by atoms with Crippen LogP contribution in [0.1, 0.15) is 45.3 Å². The van der Waals surface area contributed by atoms with Crippen molar-refractivity contribution in [2.45, 2.75) is 59.7 Å². The second-order valence-corrected chi connectivity index (χ2v) is 7.50. The predicted molar refractivity (Wildman–Crippen MR) is 115 cm³/mol. The molecule has 0 spiro atoms. The molecule has 0 amide bonds. The third-order valence-electron chi connectivity index (χ3n) is 4.34. The van der Waals surface area contributed by atoms with Gasteiger partial charge in [0.15, 0.2) is 5.96 Å². The average molecular weight is 465 g/mol. The summed E-state index contributed by atoms with van der Waals surface area (Å²) in [4.78, 5) is 11.8. The number of guanidine groups is 1. The summed E-state index contributed by atoms with van der Waals surface area (Å²) in [6.07, 6.45) is 0.997. The first kappa shape index (κ1) is 21.6. The van der Waals surface area contributed by atoms with Gasteiger partial charge in [0.25, 0.3) is 0 Å². The minimum atomic E-state index is 0. The summed E-state index contributed by atoms with van der Waals surface area (Å²) in [7, 11) is 0. The van der Waals surface area contributed by atoms with Gasteiger partial charge in [0.2, 0.25) is 0 Å². The number of likely N-dealkylation sites (tertiary alicyclic amines) is 1. The van der Waals surface area contributed by atoms with Gasteiger partial charge in [-0.2, -0.15) is 0 Å². The number of nitrogens with zero attached hydrogens (tertiary/aromatic N) is 3. The molecule has 1 aliphatic rings. The predicted octanol–water partition coefficient (Wildman–Crippen LogP) is 3.11. The summed E-state index contributed by atoms with van der Waals surface area (Å²) in [5.74, 6) is 1.54. The van der Waals surface area contributed by atoms with Crippen molar-refractivity contribution in [1.29, 1.82) is 0 Å². The molecule has 0 bridgehead atoms. The Balaban J connectivity index is 0.00000288. The van der Waals surface area contributed by atoms with E-state index >= 15 is 0 Å². The zero-order valence-electron chi connectivity index (χ0n) is 15.5. The van der Waals surface area contributed by atoms with Crippen LogP contribution in [0, 0.1) is 5.92 Å². The molecular weight excluding hydrogens is 433 g/mol. The van der Waals surface area contributed by atoms with Crippen molar-refractivity contribution in [2.75, 3.05) is 19.6 Å². The standard InChI is InChI=1S/C17H31N5S.HI/c1-6-16-20-14(11-23-16)8-19-17(18-7-2)21-15-10-22(12(3)4)9-13(15)5;/h11-13,15H,6-10H2,1-5H3,(H2,18,19,21);1H. The van der Waals surface area contributed by atoms with E-state index in [1.807, 2.05) is 0 Å². The maximum Gasteiger partial charge on any atom is 0.191 e. The Morgan fingerprint density at radius 1 is 1.42 bits per heavy atom. The van der Waals surface area contributed by atoms with Crippen LogP contribution in [0.15, 0.2) is 10.4 Å². The van der Waals surface area contributed by atoms with Gasteiger partial charge in [0, 0.05) is 37.1 Å². The highest BCUT2D eigenvalue weighted by atomic mass is 127. The van der Waals surface area contributed by atoms with Gasteiger partial charge in [-0.05, 0) is 33.1 Å². The number of halogens is 1. The summed E-state index contributed by atoms with van der Waals surface area (Å²) in [5, 5.41) is 10.3. The molecule has 1 aliphatic heterocycles. The average Bonchev–Trinajstić information content (AvgIpc) is 3.12. The molecule has 2 N–H and O–H groups in total. The fourth-order valence-corrected chi connectivity index (χ4v) is 3.59. The molecule has 0 saturated carbocycles. The Morgan fingerprint density at radius 3 is 2.71 bits per heavy atom. The number of hydrogen-bond acceptors (Lipinski definition) is 4. The van der Waals surface area contributed by atoms with E-state index in [9.17, 15) is 0 Å². The molecule has 2 atom stereocenters. The topological polar surface area (TPSA) is 52.6 Å². The highest BCUT2D eigenvalue weighted by molar-refractivity contribution is 14.0. The maximum absolute atomic E-state index is 4.72. The lowest BCUT2D eigenvalue weighted by Crippen LogP contribution is -2.46. The summed E-state index contributed by atoms with van der Waals surface area (Å²) in [6.45, 7) is 14.8. The van der Waals surface area contributed by atoms with E-state index in [2.05, 4.69) is 60.5 Å². The van der Waals surface area contributed by atoms with E-state index in [4.69, 9.17) is 4.99 Å². The van der Waals surface area contributed by atoms with Gasteiger partial charge in [-0.3, -0.25) is 4.90 Å². The van der Waals surface area contributed by atoms with E-state index in [0.29, 0.717) is 24.5 Å². The Morgan fingerprint density at radius 2 is 2.17 bits per heavy atom. The van der Waals surface area contributed by atoms with Crippen LogP contribution in [0.5, 0.6) is 0 Å². The Labute approximate surface area is 167 Å². The number of aryl methyl sites for hydroxylation is 1. The van der Waals surface area contributed by atoms with E-state index in [1.165, 1.54) is 5.01 Å². The first-order valence-corrected chi connectivity index (χ1v) is 9.63. The largest absolute Gasteiger partial charge is 0.357 e. The SMILES string of the molecule is CCNC(=NCc1csc(CC)n1)NC1CN(C(C)C)CC1C.I. The molecule has 0 aromatic carbocycles. The molecule has 1 aromatic heterocycles. The molecular formula is C17H32IN5S. The van der Waals surface area contributed by atoms with Crippen molar-refractivity contribution >= 4 is 41.3 Å². The number of nitrogens with one attached hydrogen (secondary N) is 2. The molecule has 2 heterocycles. The van der Waals surface area contributed by atoms with Gasteiger partial charge in [-0.25, -0.2) is 9.98 Å². The summed E-state index contributed by atoms with van der Waals surface area (Å²) >= 11 is 1.72. The highest BCUT2D eigenvalue weighted by Crippen LogP contribution is 2.18. The van der Waals surface area contributed by atoms with Gasteiger partial charge in [0.05, 0.1) is 17.2 Å². The number of rotatable bonds is 6. The fraction of sp³-hybridized carbons (Fsp3) is 0.765. The van der Waals surface area contributed by atoms with Gasteiger partial charge in [-0.15, -0.1) is 35.3 Å². The molecule has 138 valence electrons. The molecule has 1 fully saturated rings. The van der Waals surface area contributed by atoms with Crippen LogP contribution in [0.25, 0.3) is 0 Å². The van der Waals surface area contributed by atoms with Gasteiger partial charge in [0.1, 0.15) is 0 Å². The number of hydrogen-bond donors (Lipinski definition) is 2. The van der Waals surface area contributed by atoms with Crippen LogP contribution in [0.2, 0.25) is 0 Å². The van der Waals surface area contributed by atoms with Crippen molar-refractivity contribution in [2.24, 2.45) is 10.9 Å². The molecule has 2 rings (SSSR count). The second-order valence-electron chi connectivity index (χ2n) is 6.56. The van der Waals surface area contributed by atoms with Crippen LogP contribution in [-0.2, 0) is 13.0 Å². The lowest BCUT2D eigenvalue weighted by Gasteiger charge is -2.21. The normalized spacial score (nSPS) is 21.8. The first-order chi connectivity index (χ1) is 11.0. The van der Waals surface area contributed by atoms with Crippen LogP contribution < -0.4 is 10.6 Å². The molecule has 0 aliphatic carbocycles. The third kappa shape index (κ3) is 6.15. The zero-order chi connectivity index (χ0) is 16.8. The molecule has 1 aromatic rings. The van der Waals surface area contributed by atoms with E-state index in [-0.39, 0.29) is 24.0 Å². The van der Waals surface area contributed by atoms with E-state index in [1.54, 1.807) is 11.3 Å². The number of aliphatic imine (C=N–C) groups is 1. The van der Waals surface area contributed by atoms with Crippen molar-refractivity contribution in [1.82, 2.24) is 20.5 Å². The number of thiazole rings is 1. The monoisotopic (exact) mass is 465 g/mol. The zero-order valence-corrected chi connectivity index (χ0v) is 18.6. The first-order valence-electron chi connectivity index (χ1n) is 8.75. The molecule has 2 unspecified atom stereocenters. The van der Waals surface area contributed by atoms with Crippen molar-refractivity contribution < 1.29 is 0 Å². The van der Waals surface area contributed by atoms with Crippen molar-refractivity contribution in [3.8, 4) is 0 Å². The van der Waals surface area contributed by atoms with Gasteiger partial charge in [-0.1, -0.05) is 13.8 Å². The molecule has 5 nitrogen and oxygen atoms in total. The van der Waals surface area contributed by atoms with Gasteiger partial charge >= 0.3 is 0 Å². The maximum atomic E-state index is 4.72. The van der Waals surface area contributed by atoms with Gasteiger partial charge < -0.3 is 10.6 Å². The van der Waals surface area contributed by atoms with Crippen LogP contribution >= 0.6 is 35.3 Å². The highest BCUT2D eigenvalue weighted by Gasteiger charge is 2.31. The van der Waals surface area contributed by atoms with E-state index in [0.717, 1.165) is 37.7 Å². The summed E-state index contributed by atoms with van der Waals surface area (Å²) in [5.41, 5.74) is 1.06. The van der Waals surface area contributed by atoms with Crippen molar-refractivity contribution in [3.63, 3.8) is 0 Å². The number of aromatic nitrogens is 1. The lowest BCUT2D eigenvalue weighted by atomic mass is 10.1. The van der Waals surface area contributed by atoms with Crippen LogP contribution in [-0.4, -0.2) is 47.6 Å². The summed E-state index contributed by atoms with van der Waals surface area (Å²) < 4.78 is 0. The Kier molecular flexibility index (Phi) is 9.51. The van der Waals surface area contributed by atoms with Crippen LogP contribution in [0.3, 0.4) is 0 Å². The Bertz CT molecular complexity index is 517. The van der Waals surface area contributed by atoms with Crippen molar-refractivity contribution in [3.05, 3.63) is 16.1 Å². The molecule has 7 heteroatoms. The quantitative estimate of drug-likeness (QED) is 0.385.